The zero-order chi connectivity index (χ0) is 29.6. The van der Waals surface area contributed by atoms with Gasteiger partial charge in [-0.05, 0) is 74.2 Å². The second-order valence-electron chi connectivity index (χ2n) is 10.3. The Morgan fingerprint density at radius 1 is 0.875 bits per heavy atom. The number of anilines is 1. The summed E-state index contributed by atoms with van der Waals surface area (Å²) >= 11 is 12.4. The summed E-state index contributed by atoms with van der Waals surface area (Å²) in [6, 6.07) is 18.6. The first-order valence-corrected chi connectivity index (χ1v) is 15.5. The van der Waals surface area contributed by atoms with Gasteiger partial charge in [0.25, 0.3) is 0 Å². The monoisotopic (exact) mass is 603 g/mol. The summed E-state index contributed by atoms with van der Waals surface area (Å²) in [6.07, 6.45) is 1.29. The van der Waals surface area contributed by atoms with Crippen LogP contribution >= 0.6 is 23.2 Å². The topological polar surface area (TPSA) is 86.8 Å². The molecule has 3 rings (SSSR count). The van der Waals surface area contributed by atoms with Gasteiger partial charge in [-0.25, -0.2) is 8.42 Å². The SMILES string of the molecule is Cc1cc(C)cc(N(CC(=O)N(Cc2ccc(Cl)c(Cl)c2)C(Cc2ccccc2)C(=O)NC(C)C)S(C)(=O)=O)c1. The summed E-state index contributed by atoms with van der Waals surface area (Å²) in [5.41, 5.74) is 3.61. The molecule has 10 heteroatoms. The quantitative estimate of drug-likeness (QED) is 0.312. The molecule has 3 aromatic rings. The van der Waals surface area contributed by atoms with Gasteiger partial charge in [0.1, 0.15) is 12.6 Å². The molecule has 2 amide bonds. The van der Waals surface area contributed by atoms with Crippen molar-refractivity contribution in [1.29, 1.82) is 0 Å². The van der Waals surface area contributed by atoms with Gasteiger partial charge in [-0.3, -0.25) is 13.9 Å². The summed E-state index contributed by atoms with van der Waals surface area (Å²) in [5.74, 6) is -0.875. The van der Waals surface area contributed by atoms with Crippen LogP contribution in [0.3, 0.4) is 0 Å². The number of carbonyl (C=O) groups is 2. The maximum absolute atomic E-state index is 14.1. The van der Waals surface area contributed by atoms with Crippen molar-refractivity contribution >= 4 is 50.7 Å². The molecule has 0 saturated carbocycles. The van der Waals surface area contributed by atoms with E-state index in [1.807, 2.05) is 64.1 Å². The highest BCUT2D eigenvalue weighted by Gasteiger charge is 2.33. The fourth-order valence-corrected chi connectivity index (χ4v) is 5.63. The second kappa shape index (κ2) is 13.5. The largest absolute Gasteiger partial charge is 0.352 e. The number of rotatable bonds is 11. The highest BCUT2D eigenvalue weighted by atomic mass is 35.5. The highest BCUT2D eigenvalue weighted by molar-refractivity contribution is 7.92. The normalized spacial score (nSPS) is 12.2. The molecule has 7 nitrogen and oxygen atoms in total. The third-order valence-corrected chi connectivity index (χ3v) is 8.09. The molecule has 3 aromatic carbocycles. The van der Waals surface area contributed by atoms with E-state index in [0.717, 1.165) is 27.3 Å². The van der Waals surface area contributed by atoms with Crippen molar-refractivity contribution in [2.45, 2.75) is 52.7 Å². The number of nitrogens with one attached hydrogen (secondary N) is 1. The number of hydrogen-bond donors (Lipinski definition) is 1. The van der Waals surface area contributed by atoms with Crippen molar-refractivity contribution < 1.29 is 18.0 Å². The Morgan fingerprint density at radius 2 is 1.50 bits per heavy atom. The summed E-state index contributed by atoms with van der Waals surface area (Å²) in [5, 5.41) is 3.59. The molecule has 0 aliphatic heterocycles. The van der Waals surface area contributed by atoms with Crippen molar-refractivity contribution in [3.8, 4) is 0 Å². The molecule has 0 spiro atoms. The van der Waals surface area contributed by atoms with E-state index in [1.165, 1.54) is 4.90 Å². The predicted molar refractivity (Wildman–Crippen MR) is 162 cm³/mol. The van der Waals surface area contributed by atoms with Gasteiger partial charge in [0, 0.05) is 19.0 Å². The van der Waals surface area contributed by atoms with Crippen LogP contribution in [0.15, 0.2) is 66.7 Å². The van der Waals surface area contributed by atoms with Crippen molar-refractivity contribution in [2.75, 3.05) is 17.1 Å². The summed E-state index contributed by atoms with van der Waals surface area (Å²) in [4.78, 5) is 29.1. The minimum atomic E-state index is -3.84. The summed E-state index contributed by atoms with van der Waals surface area (Å²) < 4.78 is 27.0. The molecule has 0 aromatic heterocycles. The predicted octanol–water partition coefficient (Wildman–Crippen LogP) is 5.54. The number of hydrogen-bond acceptors (Lipinski definition) is 4. The average molecular weight is 605 g/mol. The number of halogens is 2. The minimum absolute atomic E-state index is 0.0170. The van der Waals surface area contributed by atoms with Gasteiger partial charge in [0.2, 0.25) is 21.8 Å². The first-order valence-electron chi connectivity index (χ1n) is 12.9. The van der Waals surface area contributed by atoms with Gasteiger partial charge in [-0.2, -0.15) is 0 Å². The molecule has 40 heavy (non-hydrogen) atoms. The Hall–Kier alpha value is -3.07. The Balaban J connectivity index is 2.09. The molecular formula is C30H35Cl2N3O4S. The first kappa shape index (κ1) is 31.5. The van der Waals surface area contributed by atoms with Gasteiger partial charge in [-0.1, -0.05) is 65.7 Å². The molecule has 0 aliphatic carbocycles. The van der Waals surface area contributed by atoms with Gasteiger partial charge in [0.15, 0.2) is 0 Å². The van der Waals surface area contributed by atoms with Crippen LogP contribution in [-0.4, -0.2) is 50.0 Å². The molecule has 0 heterocycles. The van der Waals surface area contributed by atoms with E-state index in [4.69, 9.17) is 23.2 Å². The first-order chi connectivity index (χ1) is 18.7. The average Bonchev–Trinajstić information content (AvgIpc) is 2.85. The number of sulfonamides is 1. The molecule has 0 bridgehead atoms. The van der Waals surface area contributed by atoms with Crippen LogP contribution in [0.25, 0.3) is 0 Å². The third-order valence-electron chi connectivity index (χ3n) is 6.21. The lowest BCUT2D eigenvalue weighted by Crippen LogP contribution is -2.54. The van der Waals surface area contributed by atoms with Gasteiger partial charge in [-0.15, -0.1) is 0 Å². The van der Waals surface area contributed by atoms with Crippen molar-refractivity contribution in [3.05, 3.63) is 99.0 Å². The Morgan fingerprint density at radius 3 is 2.05 bits per heavy atom. The smallest absolute Gasteiger partial charge is 0.244 e. The third kappa shape index (κ3) is 8.71. The van der Waals surface area contributed by atoms with Gasteiger partial charge in [0.05, 0.1) is 22.0 Å². The molecule has 1 N–H and O–H groups in total. The van der Waals surface area contributed by atoms with Crippen molar-refractivity contribution in [1.82, 2.24) is 10.2 Å². The zero-order valence-electron chi connectivity index (χ0n) is 23.3. The van der Waals surface area contributed by atoms with Crippen LogP contribution in [0, 0.1) is 13.8 Å². The number of nitrogens with zero attached hydrogens (tertiary/aromatic N) is 2. The Kier molecular flexibility index (Phi) is 10.6. The van der Waals surface area contributed by atoms with Crippen LogP contribution in [-0.2, 0) is 32.6 Å². The molecule has 0 saturated heterocycles. The second-order valence-corrected chi connectivity index (χ2v) is 13.0. The van der Waals surface area contributed by atoms with Crippen LogP contribution in [0.5, 0.6) is 0 Å². The van der Waals surface area contributed by atoms with Crippen LogP contribution in [0.4, 0.5) is 5.69 Å². The molecule has 0 aliphatic rings. The van der Waals surface area contributed by atoms with E-state index in [1.54, 1.807) is 30.3 Å². The Bertz CT molecular complexity index is 1440. The molecule has 214 valence electrons. The van der Waals surface area contributed by atoms with E-state index in [0.29, 0.717) is 21.3 Å². The summed E-state index contributed by atoms with van der Waals surface area (Å²) in [6.45, 7) is 6.94. The van der Waals surface area contributed by atoms with Crippen molar-refractivity contribution in [2.24, 2.45) is 0 Å². The van der Waals surface area contributed by atoms with Crippen LogP contribution < -0.4 is 9.62 Å². The molecule has 1 atom stereocenters. The van der Waals surface area contributed by atoms with E-state index in [-0.39, 0.29) is 24.9 Å². The molecule has 1 unspecified atom stereocenters. The zero-order valence-corrected chi connectivity index (χ0v) is 25.6. The maximum Gasteiger partial charge on any atom is 0.244 e. The van der Waals surface area contributed by atoms with Gasteiger partial charge >= 0.3 is 0 Å². The van der Waals surface area contributed by atoms with E-state index < -0.39 is 28.5 Å². The number of aryl methyl sites for hydroxylation is 2. The lowest BCUT2D eigenvalue weighted by atomic mass is 10.0. The van der Waals surface area contributed by atoms with E-state index >= 15 is 0 Å². The molecular weight excluding hydrogens is 569 g/mol. The number of benzene rings is 3. The lowest BCUT2D eigenvalue weighted by Gasteiger charge is -2.34. The Labute approximate surface area is 247 Å². The molecule has 0 fully saturated rings. The fraction of sp³-hybridized carbons (Fsp3) is 0.333. The lowest BCUT2D eigenvalue weighted by molar-refractivity contribution is -0.140. The van der Waals surface area contributed by atoms with Crippen LogP contribution in [0.2, 0.25) is 10.0 Å². The van der Waals surface area contributed by atoms with Crippen molar-refractivity contribution in [3.63, 3.8) is 0 Å². The highest BCUT2D eigenvalue weighted by Crippen LogP contribution is 2.26. The minimum Gasteiger partial charge on any atom is -0.352 e. The van der Waals surface area contributed by atoms with E-state index in [9.17, 15) is 18.0 Å². The fourth-order valence-electron chi connectivity index (χ4n) is 4.48. The summed E-state index contributed by atoms with van der Waals surface area (Å²) in [7, 11) is -3.84. The van der Waals surface area contributed by atoms with E-state index in [2.05, 4.69) is 5.32 Å². The number of carbonyl (C=O) groups excluding carboxylic acids is 2. The van der Waals surface area contributed by atoms with Gasteiger partial charge < -0.3 is 10.2 Å². The van der Waals surface area contributed by atoms with Crippen LogP contribution in [0.1, 0.15) is 36.1 Å². The molecule has 0 radical (unpaired) electrons. The number of amides is 2. The standard InChI is InChI=1S/C30H35Cl2N3O4S/c1-20(2)33-30(37)28(17-23-9-7-6-8-10-23)34(18-24-11-12-26(31)27(32)16-24)29(36)19-35(40(5,38)39)25-14-21(3)13-22(4)15-25/h6-16,20,28H,17-19H2,1-5H3,(H,33,37). The maximum atomic E-state index is 14.1.